The van der Waals surface area contributed by atoms with Gasteiger partial charge in [-0.25, -0.2) is 0 Å². The van der Waals surface area contributed by atoms with Crippen LogP contribution in [-0.2, 0) is 4.79 Å². The summed E-state index contributed by atoms with van der Waals surface area (Å²) in [4.78, 5) is 13.7. The van der Waals surface area contributed by atoms with Gasteiger partial charge in [0, 0.05) is 12.6 Å². The number of rotatable bonds is 7. The molecule has 0 amide bonds. The van der Waals surface area contributed by atoms with Crippen molar-refractivity contribution in [2.24, 2.45) is 5.92 Å². The fourth-order valence-electron chi connectivity index (χ4n) is 2.93. The second-order valence-electron chi connectivity index (χ2n) is 6.31. The second-order valence-corrected chi connectivity index (χ2v) is 6.31. The van der Waals surface area contributed by atoms with Crippen LogP contribution < -0.4 is 5.32 Å². The van der Waals surface area contributed by atoms with Crippen LogP contribution in [0, 0.1) is 5.92 Å². The Bertz CT molecular complexity index is 288. The van der Waals surface area contributed by atoms with Gasteiger partial charge in [-0.2, -0.15) is 0 Å². The summed E-state index contributed by atoms with van der Waals surface area (Å²) in [6.07, 6.45) is 5.76. The fourth-order valence-corrected chi connectivity index (χ4v) is 2.93. The van der Waals surface area contributed by atoms with E-state index in [-0.39, 0.29) is 0 Å². The lowest BCUT2D eigenvalue weighted by molar-refractivity contribution is -0.144. The van der Waals surface area contributed by atoms with E-state index in [1.807, 2.05) is 6.92 Å². The zero-order valence-corrected chi connectivity index (χ0v) is 12.9. The molecule has 4 nitrogen and oxygen atoms in total. The van der Waals surface area contributed by atoms with Crippen LogP contribution in [-0.4, -0.2) is 47.7 Å². The lowest BCUT2D eigenvalue weighted by Gasteiger charge is -2.35. The molecule has 4 heteroatoms. The number of carboxylic acids is 1. The first kappa shape index (κ1) is 16.4. The highest BCUT2D eigenvalue weighted by atomic mass is 16.4. The van der Waals surface area contributed by atoms with Gasteiger partial charge in [-0.1, -0.05) is 13.8 Å². The minimum Gasteiger partial charge on any atom is -0.480 e. The van der Waals surface area contributed by atoms with E-state index >= 15 is 0 Å². The van der Waals surface area contributed by atoms with Gasteiger partial charge in [0.2, 0.25) is 0 Å². The highest BCUT2D eigenvalue weighted by molar-refractivity contribution is 5.78. The van der Waals surface area contributed by atoms with Gasteiger partial charge in [0.1, 0.15) is 5.54 Å². The van der Waals surface area contributed by atoms with Crippen molar-refractivity contribution >= 4 is 5.97 Å². The number of nitrogens with one attached hydrogen (secondary N) is 1. The summed E-state index contributed by atoms with van der Waals surface area (Å²) in [6, 6.07) is 0.635. The zero-order chi connectivity index (χ0) is 14.5. The van der Waals surface area contributed by atoms with Crippen molar-refractivity contribution in [2.45, 2.75) is 64.5 Å². The van der Waals surface area contributed by atoms with Gasteiger partial charge in [-0.3, -0.25) is 4.79 Å². The quantitative estimate of drug-likeness (QED) is 0.745. The third-order valence-electron chi connectivity index (χ3n) is 4.61. The monoisotopic (exact) mass is 270 g/mol. The lowest BCUT2D eigenvalue weighted by Crippen LogP contribution is -2.51. The molecule has 1 unspecified atom stereocenters. The molecule has 1 aliphatic carbocycles. The molecule has 2 N–H and O–H groups in total. The van der Waals surface area contributed by atoms with Crippen LogP contribution >= 0.6 is 0 Å². The van der Waals surface area contributed by atoms with Crippen LogP contribution in [0.2, 0.25) is 0 Å². The Morgan fingerprint density at radius 1 is 1.37 bits per heavy atom. The van der Waals surface area contributed by atoms with Gasteiger partial charge in [0.15, 0.2) is 0 Å². The predicted octanol–water partition coefficient (Wildman–Crippen LogP) is 2.34. The molecule has 0 aromatic heterocycles. The molecule has 1 rings (SSSR count). The fraction of sp³-hybridized carbons (Fsp3) is 0.933. The smallest absolute Gasteiger partial charge is 0.323 e. The summed E-state index contributed by atoms with van der Waals surface area (Å²) in [6.45, 7) is 7.59. The molecular formula is C15H30N2O2. The molecular weight excluding hydrogens is 240 g/mol. The van der Waals surface area contributed by atoms with Crippen molar-refractivity contribution in [2.75, 3.05) is 20.1 Å². The third-order valence-corrected chi connectivity index (χ3v) is 4.61. The minimum absolute atomic E-state index is 0.635. The van der Waals surface area contributed by atoms with Crippen molar-refractivity contribution in [3.05, 3.63) is 0 Å². The maximum Gasteiger partial charge on any atom is 0.323 e. The molecule has 1 fully saturated rings. The Hall–Kier alpha value is -0.610. The summed E-state index contributed by atoms with van der Waals surface area (Å²) in [7, 11) is 2.13. The molecule has 0 spiro atoms. The number of likely N-dealkylation sites (N-methyl/N-ethyl adjacent to an activating group) is 1. The van der Waals surface area contributed by atoms with E-state index in [9.17, 15) is 9.90 Å². The van der Waals surface area contributed by atoms with E-state index in [1.54, 1.807) is 6.92 Å². The number of aliphatic carboxylic acids is 1. The highest BCUT2D eigenvalue weighted by Crippen LogP contribution is 2.27. The molecule has 19 heavy (non-hydrogen) atoms. The summed E-state index contributed by atoms with van der Waals surface area (Å²) >= 11 is 0. The molecule has 1 atom stereocenters. The van der Waals surface area contributed by atoms with Crippen LogP contribution in [0.25, 0.3) is 0 Å². The molecule has 112 valence electrons. The van der Waals surface area contributed by atoms with Crippen LogP contribution in [0.5, 0.6) is 0 Å². The Labute approximate surface area is 117 Å². The topological polar surface area (TPSA) is 52.6 Å². The lowest BCUT2D eigenvalue weighted by atomic mass is 9.86. The van der Waals surface area contributed by atoms with E-state index < -0.39 is 11.5 Å². The summed E-state index contributed by atoms with van der Waals surface area (Å²) in [5.74, 6) is 0.107. The predicted molar refractivity (Wildman–Crippen MR) is 78.4 cm³/mol. The molecule has 0 aromatic carbocycles. The number of hydrogen-bond acceptors (Lipinski definition) is 3. The van der Waals surface area contributed by atoms with E-state index in [0.29, 0.717) is 19.0 Å². The van der Waals surface area contributed by atoms with Crippen LogP contribution in [0.3, 0.4) is 0 Å². The molecule has 0 saturated heterocycles. The molecule has 0 bridgehead atoms. The molecule has 0 heterocycles. The number of hydrogen-bond donors (Lipinski definition) is 2. The van der Waals surface area contributed by atoms with Gasteiger partial charge >= 0.3 is 5.97 Å². The van der Waals surface area contributed by atoms with Crippen molar-refractivity contribution < 1.29 is 9.90 Å². The SMILES string of the molecule is CCNC(C)(CCN(C)C1CCC(C)CC1)C(=O)O. The molecule has 0 radical (unpaired) electrons. The van der Waals surface area contributed by atoms with Crippen LogP contribution in [0.4, 0.5) is 0 Å². The molecule has 1 aliphatic rings. The van der Waals surface area contributed by atoms with E-state index in [1.165, 1.54) is 25.7 Å². The summed E-state index contributed by atoms with van der Waals surface area (Å²) in [5.41, 5.74) is -0.801. The average molecular weight is 270 g/mol. The number of carboxylic acid groups (broad SMARTS) is 1. The van der Waals surface area contributed by atoms with E-state index in [2.05, 4.69) is 24.2 Å². The molecule has 0 aliphatic heterocycles. The van der Waals surface area contributed by atoms with Crippen molar-refractivity contribution in [1.29, 1.82) is 0 Å². The number of nitrogens with zero attached hydrogens (tertiary/aromatic N) is 1. The Kier molecular flexibility index (Phi) is 6.27. The zero-order valence-electron chi connectivity index (χ0n) is 12.9. The maximum absolute atomic E-state index is 11.4. The third kappa shape index (κ3) is 4.77. The molecule has 0 aromatic rings. The Balaban J connectivity index is 2.43. The first-order chi connectivity index (χ1) is 8.89. The largest absolute Gasteiger partial charge is 0.480 e. The number of carbonyl (C=O) groups is 1. The van der Waals surface area contributed by atoms with Crippen LogP contribution in [0.15, 0.2) is 0 Å². The van der Waals surface area contributed by atoms with Gasteiger partial charge in [0.05, 0.1) is 0 Å². The average Bonchev–Trinajstić information content (AvgIpc) is 2.37. The first-order valence-electron chi connectivity index (χ1n) is 7.57. The highest BCUT2D eigenvalue weighted by Gasteiger charge is 2.32. The minimum atomic E-state index is -0.801. The van der Waals surface area contributed by atoms with E-state index in [4.69, 9.17) is 0 Å². The maximum atomic E-state index is 11.4. The van der Waals surface area contributed by atoms with Crippen molar-refractivity contribution in [1.82, 2.24) is 10.2 Å². The Morgan fingerprint density at radius 2 is 1.95 bits per heavy atom. The standard InChI is InChI=1S/C15H30N2O2/c1-5-16-15(3,14(18)19)10-11-17(4)13-8-6-12(2)7-9-13/h12-13,16H,5-11H2,1-4H3,(H,18,19). The summed E-state index contributed by atoms with van der Waals surface area (Å²) < 4.78 is 0. The van der Waals surface area contributed by atoms with Gasteiger partial charge in [-0.15, -0.1) is 0 Å². The van der Waals surface area contributed by atoms with Gasteiger partial charge < -0.3 is 15.3 Å². The normalized spacial score (nSPS) is 27.2. The Morgan fingerprint density at radius 3 is 2.42 bits per heavy atom. The van der Waals surface area contributed by atoms with Gasteiger partial charge in [0.25, 0.3) is 0 Å². The van der Waals surface area contributed by atoms with Crippen molar-refractivity contribution in [3.63, 3.8) is 0 Å². The van der Waals surface area contributed by atoms with Crippen molar-refractivity contribution in [3.8, 4) is 0 Å². The van der Waals surface area contributed by atoms with Gasteiger partial charge in [-0.05, 0) is 58.5 Å². The molecule has 1 saturated carbocycles. The van der Waals surface area contributed by atoms with E-state index in [0.717, 1.165) is 12.5 Å². The van der Waals surface area contributed by atoms with Crippen LogP contribution in [0.1, 0.15) is 52.9 Å². The second kappa shape index (κ2) is 7.25. The summed E-state index contributed by atoms with van der Waals surface area (Å²) in [5, 5.41) is 12.4. The first-order valence-corrected chi connectivity index (χ1v) is 7.57.